The van der Waals surface area contributed by atoms with Crippen LogP contribution in [0.15, 0.2) is 0 Å². The molecule has 1 fully saturated rings. The number of piperidine rings is 1. The zero-order chi connectivity index (χ0) is 6.74. The molecule has 1 aliphatic heterocycles. The van der Waals surface area contributed by atoms with Crippen molar-refractivity contribution in [3.8, 4) is 12.3 Å². The largest absolute Gasteiger partial charge is 0.378 e. The maximum atomic E-state index is 9.40. The summed E-state index contributed by atoms with van der Waals surface area (Å²) in [5.41, 5.74) is -0.814. The monoisotopic (exact) mass is 125 g/mol. The lowest BCUT2D eigenvalue weighted by molar-refractivity contribution is 0.0681. The molecule has 0 aromatic rings. The minimum absolute atomic E-state index is 0.684. The summed E-state index contributed by atoms with van der Waals surface area (Å²) in [5.74, 6) is 2.40. The Kier molecular flexibility index (Phi) is 1.75. The Morgan fingerprint density at radius 2 is 2.00 bits per heavy atom. The van der Waals surface area contributed by atoms with Gasteiger partial charge in [0.25, 0.3) is 0 Å². The van der Waals surface area contributed by atoms with Gasteiger partial charge in [-0.05, 0) is 25.9 Å². The molecule has 2 nitrogen and oxygen atoms in total. The fourth-order valence-corrected chi connectivity index (χ4v) is 0.985. The fourth-order valence-electron chi connectivity index (χ4n) is 0.985. The number of rotatable bonds is 0. The summed E-state index contributed by atoms with van der Waals surface area (Å²) in [6.45, 7) is 1.67. The molecule has 0 spiro atoms. The molecule has 0 saturated carbocycles. The first kappa shape index (κ1) is 6.60. The zero-order valence-electron chi connectivity index (χ0n) is 5.35. The third kappa shape index (κ3) is 1.44. The SMILES string of the molecule is C#CC1(O)CCNCC1. The quantitative estimate of drug-likeness (QED) is 0.437. The summed E-state index contributed by atoms with van der Waals surface area (Å²) < 4.78 is 0. The molecule has 0 aliphatic carbocycles. The molecule has 1 saturated heterocycles. The molecule has 0 unspecified atom stereocenters. The molecule has 0 aromatic carbocycles. The Hall–Kier alpha value is -0.520. The first-order valence-electron chi connectivity index (χ1n) is 3.18. The lowest BCUT2D eigenvalue weighted by Crippen LogP contribution is -2.40. The van der Waals surface area contributed by atoms with Gasteiger partial charge in [-0.1, -0.05) is 5.92 Å². The van der Waals surface area contributed by atoms with E-state index in [0.717, 1.165) is 13.1 Å². The maximum absolute atomic E-state index is 9.40. The standard InChI is InChI=1S/C7H11NO/c1-2-7(9)3-5-8-6-4-7/h1,8-9H,3-6H2. The Morgan fingerprint density at radius 3 is 2.33 bits per heavy atom. The van der Waals surface area contributed by atoms with Crippen LogP contribution in [0.2, 0.25) is 0 Å². The van der Waals surface area contributed by atoms with Crippen LogP contribution in [0.25, 0.3) is 0 Å². The van der Waals surface area contributed by atoms with E-state index in [9.17, 15) is 5.11 Å². The van der Waals surface area contributed by atoms with Crippen molar-refractivity contribution in [1.82, 2.24) is 5.32 Å². The molecule has 2 N–H and O–H groups in total. The summed E-state index contributed by atoms with van der Waals surface area (Å²) >= 11 is 0. The third-order valence-corrected chi connectivity index (χ3v) is 1.70. The fraction of sp³-hybridized carbons (Fsp3) is 0.714. The maximum Gasteiger partial charge on any atom is 0.127 e. The molecule has 0 aromatic heterocycles. The normalized spacial score (nSPS) is 24.9. The second kappa shape index (κ2) is 2.38. The molecule has 0 atom stereocenters. The number of aliphatic hydroxyl groups is 1. The van der Waals surface area contributed by atoms with Crippen molar-refractivity contribution in [2.75, 3.05) is 13.1 Å². The Balaban J connectivity index is 2.49. The second-order valence-electron chi connectivity index (χ2n) is 2.43. The molecular formula is C7H11NO. The molecule has 0 radical (unpaired) electrons. The van der Waals surface area contributed by atoms with Crippen molar-refractivity contribution < 1.29 is 5.11 Å². The van der Waals surface area contributed by atoms with Crippen LogP contribution in [0.5, 0.6) is 0 Å². The van der Waals surface area contributed by atoms with Crippen LogP contribution in [0.4, 0.5) is 0 Å². The highest BCUT2D eigenvalue weighted by Gasteiger charge is 2.25. The summed E-state index contributed by atoms with van der Waals surface area (Å²) in [6, 6.07) is 0. The highest BCUT2D eigenvalue weighted by Crippen LogP contribution is 2.15. The van der Waals surface area contributed by atoms with E-state index in [1.807, 2.05) is 0 Å². The van der Waals surface area contributed by atoms with Gasteiger partial charge in [0.15, 0.2) is 0 Å². The first-order valence-corrected chi connectivity index (χ1v) is 3.18. The van der Waals surface area contributed by atoms with Crippen LogP contribution in [0.3, 0.4) is 0 Å². The van der Waals surface area contributed by atoms with Crippen LogP contribution >= 0.6 is 0 Å². The highest BCUT2D eigenvalue weighted by atomic mass is 16.3. The van der Waals surface area contributed by atoms with Crippen molar-refractivity contribution in [2.24, 2.45) is 0 Å². The molecule has 0 bridgehead atoms. The summed E-state index contributed by atoms with van der Waals surface area (Å²) in [6.07, 6.45) is 6.48. The van der Waals surface area contributed by atoms with E-state index in [1.54, 1.807) is 0 Å². The van der Waals surface area contributed by atoms with Crippen molar-refractivity contribution in [2.45, 2.75) is 18.4 Å². The van der Waals surface area contributed by atoms with E-state index in [1.165, 1.54) is 0 Å². The van der Waals surface area contributed by atoms with E-state index in [-0.39, 0.29) is 0 Å². The minimum Gasteiger partial charge on any atom is -0.378 e. The van der Waals surface area contributed by atoms with Gasteiger partial charge >= 0.3 is 0 Å². The first-order chi connectivity index (χ1) is 4.27. The highest BCUT2D eigenvalue weighted by molar-refractivity contribution is 5.08. The predicted molar refractivity (Wildman–Crippen MR) is 35.9 cm³/mol. The summed E-state index contributed by atoms with van der Waals surface area (Å²) in [7, 11) is 0. The average Bonchev–Trinajstić information content (AvgIpc) is 1.90. The smallest absolute Gasteiger partial charge is 0.127 e. The number of nitrogens with one attached hydrogen (secondary N) is 1. The molecular weight excluding hydrogens is 114 g/mol. The van der Waals surface area contributed by atoms with E-state index < -0.39 is 5.60 Å². The van der Waals surface area contributed by atoms with Crippen molar-refractivity contribution in [3.05, 3.63) is 0 Å². The average molecular weight is 125 g/mol. The van der Waals surface area contributed by atoms with Crippen LogP contribution in [-0.4, -0.2) is 23.8 Å². The third-order valence-electron chi connectivity index (χ3n) is 1.70. The lowest BCUT2D eigenvalue weighted by Gasteiger charge is -2.26. The topological polar surface area (TPSA) is 32.3 Å². The van der Waals surface area contributed by atoms with E-state index in [2.05, 4.69) is 11.2 Å². The van der Waals surface area contributed by atoms with Crippen LogP contribution in [0.1, 0.15) is 12.8 Å². The summed E-state index contributed by atoms with van der Waals surface area (Å²) in [4.78, 5) is 0. The molecule has 9 heavy (non-hydrogen) atoms. The van der Waals surface area contributed by atoms with Crippen molar-refractivity contribution in [3.63, 3.8) is 0 Å². The van der Waals surface area contributed by atoms with Crippen LogP contribution < -0.4 is 5.32 Å². The molecule has 1 aliphatic rings. The van der Waals surface area contributed by atoms with E-state index >= 15 is 0 Å². The number of hydrogen-bond acceptors (Lipinski definition) is 2. The Bertz CT molecular complexity index is 130. The van der Waals surface area contributed by atoms with Gasteiger partial charge in [0.2, 0.25) is 0 Å². The zero-order valence-corrected chi connectivity index (χ0v) is 5.35. The van der Waals surface area contributed by atoms with Crippen molar-refractivity contribution in [1.29, 1.82) is 0 Å². The van der Waals surface area contributed by atoms with Gasteiger partial charge in [-0.15, -0.1) is 6.42 Å². The van der Waals surface area contributed by atoms with Crippen LogP contribution in [-0.2, 0) is 0 Å². The van der Waals surface area contributed by atoms with E-state index in [0.29, 0.717) is 12.8 Å². The van der Waals surface area contributed by atoms with Gasteiger partial charge in [-0.3, -0.25) is 0 Å². The number of terminal acetylenes is 1. The van der Waals surface area contributed by atoms with Gasteiger partial charge < -0.3 is 10.4 Å². The summed E-state index contributed by atoms with van der Waals surface area (Å²) in [5, 5.41) is 12.5. The molecule has 1 rings (SSSR count). The molecule has 1 heterocycles. The van der Waals surface area contributed by atoms with Gasteiger partial charge in [0.05, 0.1) is 0 Å². The van der Waals surface area contributed by atoms with Gasteiger partial charge in [0, 0.05) is 0 Å². The van der Waals surface area contributed by atoms with Crippen molar-refractivity contribution >= 4 is 0 Å². The molecule has 2 heteroatoms. The van der Waals surface area contributed by atoms with Gasteiger partial charge in [-0.2, -0.15) is 0 Å². The Labute approximate surface area is 55.3 Å². The second-order valence-corrected chi connectivity index (χ2v) is 2.43. The van der Waals surface area contributed by atoms with Gasteiger partial charge in [0.1, 0.15) is 5.60 Å². The predicted octanol–water partition coefficient (Wildman–Crippen LogP) is -0.266. The van der Waals surface area contributed by atoms with Gasteiger partial charge in [-0.25, -0.2) is 0 Å². The molecule has 0 amide bonds. The van der Waals surface area contributed by atoms with Crippen LogP contribution in [0, 0.1) is 12.3 Å². The van der Waals surface area contributed by atoms with E-state index in [4.69, 9.17) is 6.42 Å². The lowest BCUT2D eigenvalue weighted by atomic mass is 9.94. The Morgan fingerprint density at radius 1 is 1.44 bits per heavy atom. The minimum atomic E-state index is -0.814. The molecule has 50 valence electrons. The number of hydrogen-bond donors (Lipinski definition) is 2.